The molecule has 0 aliphatic carbocycles. The molecule has 0 fully saturated rings. The van der Waals surface area contributed by atoms with Crippen molar-refractivity contribution in [2.24, 2.45) is 0 Å². The van der Waals surface area contributed by atoms with Crippen LogP contribution in [0.5, 0.6) is 0 Å². The van der Waals surface area contributed by atoms with Gasteiger partial charge in [-0.15, -0.1) is 0 Å². The molecule has 98 valence electrons. The third-order valence-corrected chi connectivity index (χ3v) is 6.73. The summed E-state index contributed by atoms with van der Waals surface area (Å²) >= 11 is 4.73. The van der Waals surface area contributed by atoms with Crippen molar-refractivity contribution in [3.63, 3.8) is 0 Å². The van der Waals surface area contributed by atoms with Crippen LogP contribution in [0.2, 0.25) is 0 Å². The van der Waals surface area contributed by atoms with E-state index in [-0.39, 0.29) is 0 Å². The normalized spacial score (nSPS) is 11.9. The van der Waals surface area contributed by atoms with E-state index in [1.165, 1.54) is 11.4 Å². The highest BCUT2D eigenvalue weighted by Crippen LogP contribution is 2.59. The van der Waals surface area contributed by atoms with Crippen LogP contribution in [0.4, 0.5) is 0 Å². The van der Waals surface area contributed by atoms with Crippen molar-refractivity contribution in [2.75, 3.05) is 42.5 Å². The molecule has 0 aliphatic heterocycles. The lowest BCUT2D eigenvalue weighted by Gasteiger charge is -2.15. The molecule has 0 N–H and O–H groups in total. The maximum absolute atomic E-state index is 12.0. The molecular formula is C9H21O3PS3. The second-order valence-corrected chi connectivity index (χ2v) is 9.69. The molecule has 0 aliphatic rings. The molecule has 0 atom stereocenters. The minimum Gasteiger partial charge on any atom is -0.300 e. The molecule has 0 saturated carbocycles. The van der Waals surface area contributed by atoms with E-state index in [0.29, 0.717) is 13.2 Å². The maximum atomic E-state index is 12.0. The lowest BCUT2D eigenvalue weighted by molar-refractivity contribution is 0.240. The average molecular weight is 304 g/mol. The fourth-order valence-electron chi connectivity index (χ4n) is 0.847. The van der Waals surface area contributed by atoms with Crippen LogP contribution < -0.4 is 0 Å². The van der Waals surface area contributed by atoms with E-state index in [1.54, 1.807) is 29.8 Å². The van der Waals surface area contributed by atoms with Crippen molar-refractivity contribution >= 4 is 41.7 Å². The predicted octanol–water partition coefficient (Wildman–Crippen LogP) is 4.00. The third kappa shape index (κ3) is 9.25. The van der Waals surface area contributed by atoms with E-state index in [9.17, 15) is 4.57 Å². The van der Waals surface area contributed by atoms with E-state index >= 15 is 0 Å². The quantitative estimate of drug-likeness (QED) is 0.424. The first-order valence-electron chi connectivity index (χ1n) is 5.28. The number of rotatable bonds is 11. The van der Waals surface area contributed by atoms with Crippen LogP contribution in [0, 0.1) is 0 Å². The first kappa shape index (κ1) is 17.2. The average Bonchev–Trinajstić information content (AvgIpc) is 2.31. The summed E-state index contributed by atoms with van der Waals surface area (Å²) in [6.45, 7) is 2.29. The summed E-state index contributed by atoms with van der Waals surface area (Å²) in [5, 5.41) is 0. The van der Waals surface area contributed by atoms with Gasteiger partial charge < -0.3 is 0 Å². The van der Waals surface area contributed by atoms with Gasteiger partial charge in [-0.05, 0) is 29.1 Å². The number of thioether (sulfide) groups is 2. The first-order chi connectivity index (χ1) is 7.68. The molecule has 0 heterocycles. The molecule has 0 rings (SSSR count). The SMILES string of the molecule is CCSCCOP(=O)(OCCSCC)SC. The van der Waals surface area contributed by atoms with E-state index in [0.717, 1.165) is 23.0 Å². The smallest absolute Gasteiger partial charge is 0.300 e. The van der Waals surface area contributed by atoms with Crippen LogP contribution >= 0.6 is 41.7 Å². The monoisotopic (exact) mass is 304 g/mol. The Labute approximate surface area is 111 Å². The summed E-state index contributed by atoms with van der Waals surface area (Å²) in [5.74, 6) is 3.85. The fourth-order valence-corrected chi connectivity index (χ4v) is 4.07. The predicted molar refractivity (Wildman–Crippen MR) is 79.0 cm³/mol. The topological polar surface area (TPSA) is 35.5 Å². The molecule has 3 nitrogen and oxygen atoms in total. The van der Waals surface area contributed by atoms with E-state index < -0.39 is 6.80 Å². The second kappa shape index (κ2) is 11.3. The standard InChI is InChI=1S/C9H21O3PS3/c1-4-15-8-6-11-13(10,14-3)12-7-9-16-5-2/h4-9H2,1-3H3. The van der Waals surface area contributed by atoms with Crippen molar-refractivity contribution in [3.8, 4) is 0 Å². The van der Waals surface area contributed by atoms with Gasteiger partial charge >= 0.3 is 6.80 Å². The van der Waals surface area contributed by atoms with Gasteiger partial charge in [0, 0.05) is 11.5 Å². The van der Waals surface area contributed by atoms with Gasteiger partial charge in [0.1, 0.15) is 0 Å². The van der Waals surface area contributed by atoms with Crippen molar-refractivity contribution < 1.29 is 13.6 Å². The molecule has 0 bridgehead atoms. The van der Waals surface area contributed by atoms with Crippen LogP contribution in [0.3, 0.4) is 0 Å². The Morgan fingerprint density at radius 3 is 1.75 bits per heavy atom. The number of hydrogen-bond donors (Lipinski definition) is 0. The highest BCUT2D eigenvalue weighted by atomic mass is 32.7. The Morgan fingerprint density at radius 1 is 1.00 bits per heavy atom. The largest absolute Gasteiger partial charge is 0.388 e. The molecule has 0 aromatic carbocycles. The zero-order valence-electron chi connectivity index (χ0n) is 10.1. The van der Waals surface area contributed by atoms with E-state index in [2.05, 4.69) is 13.8 Å². The van der Waals surface area contributed by atoms with Gasteiger partial charge in [-0.25, -0.2) is 4.57 Å². The Morgan fingerprint density at radius 2 is 1.44 bits per heavy atom. The Kier molecular flexibility index (Phi) is 12.1. The highest BCUT2D eigenvalue weighted by molar-refractivity contribution is 8.54. The van der Waals surface area contributed by atoms with Crippen molar-refractivity contribution in [2.45, 2.75) is 13.8 Å². The molecular weight excluding hydrogens is 283 g/mol. The molecule has 0 aromatic heterocycles. The summed E-state index contributed by atoms with van der Waals surface area (Å²) in [6.07, 6.45) is 1.76. The van der Waals surface area contributed by atoms with Gasteiger partial charge in [-0.1, -0.05) is 13.8 Å². The van der Waals surface area contributed by atoms with Gasteiger partial charge in [0.25, 0.3) is 0 Å². The molecule has 16 heavy (non-hydrogen) atoms. The summed E-state index contributed by atoms with van der Waals surface area (Å²) in [5.41, 5.74) is 0. The summed E-state index contributed by atoms with van der Waals surface area (Å²) in [6, 6.07) is 0. The highest BCUT2D eigenvalue weighted by Gasteiger charge is 2.22. The van der Waals surface area contributed by atoms with Crippen LogP contribution in [-0.2, 0) is 13.6 Å². The fraction of sp³-hybridized carbons (Fsp3) is 1.00. The van der Waals surface area contributed by atoms with Crippen LogP contribution in [-0.4, -0.2) is 42.5 Å². The lowest BCUT2D eigenvalue weighted by atomic mass is 10.9. The van der Waals surface area contributed by atoms with Crippen molar-refractivity contribution in [3.05, 3.63) is 0 Å². The van der Waals surface area contributed by atoms with Crippen LogP contribution in [0.15, 0.2) is 0 Å². The Bertz CT molecular complexity index is 188. The third-order valence-electron chi connectivity index (χ3n) is 1.59. The van der Waals surface area contributed by atoms with Gasteiger partial charge in [-0.2, -0.15) is 23.5 Å². The van der Waals surface area contributed by atoms with E-state index in [1.807, 2.05) is 0 Å². The van der Waals surface area contributed by atoms with Gasteiger partial charge in [0.05, 0.1) is 13.2 Å². The van der Waals surface area contributed by atoms with Gasteiger partial charge in [-0.3, -0.25) is 9.05 Å². The molecule has 0 aromatic rings. The Balaban J connectivity index is 3.69. The minimum absolute atomic E-state index is 0.498. The molecule has 0 spiro atoms. The maximum Gasteiger partial charge on any atom is 0.388 e. The molecule has 0 unspecified atom stereocenters. The van der Waals surface area contributed by atoms with Crippen LogP contribution in [0.1, 0.15) is 13.8 Å². The summed E-state index contributed by atoms with van der Waals surface area (Å²) < 4.78 is 22.7. The van der Waals surface area contributed by atoms with E-state index in [4.69, 9.17) is 9.05 Å². The van der Waals surface area contributed by atoms with Crippen LogP contribution in [0.25, 0.3) is 0 Å². The molecule has 7 heteroatoms. The van der Waals surface area contributed by atoms with Gasteiger partial charge in [0.2, 0.25) is 0 Å². The second-order valence-electron chi connectivity index (χ2n) is 2.69. The number of hydrogen-bond acceptors (Lipinski definition) is 6. The molecule has 0 radical (unpaired) electrons. The molecule has 0 saturated heterocycles. The first-order valence-corrected chi connectivity index (χ1v) is 11.0. The molecule has 0 amide bonds. The van der Waals surface area contributed by atoms with Crippen molar-refractivity contribution in [1.82, 2.24) is 0 Å². The summed E-state index contributed by atoms with van der Waals surface area (Å²) in [4.78, 5) is 0. The minimum atomic E-state index is -2.89. The zero-order chi connectivity index (χ0) is 12.3. The zero-order valence-corrected chi connectivity index (χ0v) is 13.5. The van der Waals surface area contributed by atoms with Gasteiger partial charge in [0.15, 0.2) is 0 Å². The lowest BCUT2D eigenvalue weighted by Crippen LogP contribution is -2.00. The van der Waals surface area contributed by atoms with Crippen molar-refractivity contribution in [1.29, 1.82) is 0 Å². The summed E-state index contributed by atoms with van der Waals surface area (Å²) in [7, 11) is 0. The Hall–Kier alpha value is 1.20.